The average molecular weight is 194 g/mol. The summed E-state index contributed by atoms with van der Waals surface area (Å²) in [6.07, 6.45) is -0.355. The standard InChI is InChI=1S/C12H18O2/c1-9-5-4-6-12(7-9)11(3)14-8-10(2)13/h4-7,10-11,13H,8H2,1-3H3/t10-,11-/m1/s1. The summed E-state index contributed by atoms with van der Waals surface area (Å²) >= 11 is 0. The van der Waals surface area contributed by atoms with Crippen LogP contribution in [0.5, 0.6) is 0 Å². The maximum atomic E-state index is 9.08. The highest BCUT2D eigenvalue weighted by atomic mass is 16.5. The van der Waals surface area contributed by atoms with Gasteiger partial charge in [-0.2, -0.15) is 0 Å². The van der Waals surface area contributed by atoms with Gasteiger partial charge in [-0.1, -0.05) is 29.8 Å². The van der Waals surface area contributed by atoms with Crippen molar-refractivity contribution in [3.05, 3.63) is 35.4 Å². The molecular formula is C12H18O2. The van der Waals surface area contributed by atoms with Gasteiger partial charge in [0, 0.05) is 0 Å². The summed E-state index contributed by atoms with van der Waals surface area (Å²) in [4.78, 5) is 0. The van der Waals surface area contributed by atoms with E-state index >= 15 is 0 Å². The van der Waals surface area contributed by atoms with Crippen LogP contribution in [0, 0.1) is 6.92 Å². The molecule has 0 spiro atoms. The van der Waals surface area contributed by atoms with Gasteiger partial charge in [-0.15, -0.1) is 0 Å². The first-order valence-corrected chi connectivity index (χ1v) is 4.96. The molecule has 14 heavy (non-hydrogen) atoms. The fourth-order valence-corrected chi connectivity index (χ4v) is 1.30. The number of benzene rings is 1. The summed E-state index contributed by atoms with van der Waals surface area (Å²) in [5.74, 6) is 0. The molecule has 0 unspecified atom stereocenters. The van der Waals surface area contributed by atoms with E-state index in [4.69, 9.17) is 9.84 Å². The Kier molecular flexibility index (Phi) is 4.11. The molecule has 1 aromatic carbocycles. The van der Waals surface area contributed by atoms with Crippen molar-refractivity contribution in [1.29, 1.82) is 0 Å². The molecule has 0 aliphatic heterocycles. The van der Waals surface area contributed by atoms with Crippen LogP contribution in [0.4, 0.5) is 0 Å². The van der Waals surface area contributed by atoms with E-state index < -0.39 is 6.10 Å². The van der Waals surface area contributed by atoms with E-state index in [2.05, 4.69) is 19.1 Å². The van der Waals surface area contributed by atoms with Crippen molar-refractivity contribution in [1.82, 2.24) is 0 Å². The lowest BCUT2D eigenvalue weighted by molar-refractivity contribution is 0.00447. The van der Waals surface area contributed by atoms with E-state index in [-0.39, 0.29) is 6.10 Å². The number of ether oxygens (including phenoxy) is 1. The molecule has 0 fully saturated rings. The van der Waals surface area contributed by atoms with Gasteiger partial charge in [-0.05, 0) is 26.3 Å². The molecule has 2 atom stereocenters. The third kappa shape index (κ3) is 3.48. The van der Waals surface area contributed by atoms with Gasteiger partial charge in [0.1, 0.15) is 0 Å². The van der Waals surface area contributed by atoms with Crippen molar-refractivity contribution in [2.75, 3.05) is 6.61 Å². The number of hydrogen-bond acceptors (Lipinski definition) is 2. The average Bonchev–Trinajstić information content (AvgIpc) is 2.14. The topological polar surface area (TPSA) is 29.5 Å². The lowest BCUT2D eigenvalue weighted by Gasteiger charge is -2.15. The quantitative estimate of drug-likeness (QED) is 0.797. The lowest BCUT2D eigenvalue weighted by Crippen LogP contribution is -2.12. The highest BCUT2D eigenvalue weighted by Gasteiger charge is 2.06. The Labute approximate surface area is 85.5 Å². The van der Waals surface area contributed by atoms with Crippen molar-refractivity contribution in [2.24, 2.45) is 0 Å². The highest BCUT2D eigenvalue weighted by Crippen LogP contribution is 2.17. The van der Waals surface area contributed by atoms with E-state index in [0.717, 1.165) is 5.56 Å². The smallest absolute Gasteiger partial charge is 0.0798 e. The fourth-order valence-electron chi connectivity index (χ4n) is 1.30. The zero-order chi connectivity index (χ0) is 10.6. The molecule has 2 heteroatoms. The van der Waals surface area contributed by atoms with Crippen LogP contribution in [0.2, 0.25) is 0 Å². The largest absolute Gasteiger partial charge is 0.391 e. The maximum Gasteiger partial charge on any atom is 0.0798 e. The number of aliphatic hydroxyl groups excluding tert-OH is 1. The Hall–Kier alpha value is -0.860. The predicted octanol–water partition coefficient (Wildman–Crippen LogP) is 2.45. The molecule has 0 saturated carbocycles. The molecule has 0 amide bonds. The molecule has 0 radical (unpaired) electrons. The van der Waals surface area contributed by atoms with Crippen molar-refractivity contribution in [2.45, 2.75) is 33.0 Å². The van der Waals surface area contributed by atoms with Gasteiger partial charge in [-0.3, -0.25) is 0 Å². The van der Waals surface area contributed by atoms with Gasteiger partial charge in [0.15, 0.2) is 0 Å². The van der Waals surface area contributed by atoms with Crippen LogP contribution in [0.3, 0.4) is 0 Å². The van der Waals surface area contributed by atoms with Crippen LogP contribution in [0.25, 0.3) is 0 Å². The molecule has 0 bridgehead atoms. The summed E-state index contributed by atoms with van der Waals surface area (Å²) in [6, 6.07) is 8.23. The summed E-state index contributed by atoms with van der Waals surface area (Å²) < 4.78 is 5.49. The second-order valence-corrected chi connectivity index (χ2v) is 3.74. The Morgan fingerprint density at radius 3 is 2.64 bits per heavy atom. The maximum absolute atomic E-state index is 9.08. The Morgan fingerprint density at radius 2 is 2.07 bits per heavy atom. The summed E-state index contributed by atoms with van der Waals surface area (Å²) in [7, 11) is 0. The first-order valence-electron chi connectivity index (χ1n) is 4.96. The van der Waals surface area contributed by atoms with E-state index in [0.29, 0.717) is 6.61 Å². The van der Waals surface area contributed by atoms with E-state index in [1.807, 2.05) is 19.1 Å². The number of rotatable bonds is 4. The van der Waals surface area contributed by atoms with Crippen LogP contribution >= 0.6 is 0 Å². The second kappa shape index (κ2) is 5.13. The van der Waals surface area contributed by atoms with Gasteiger partial charge >= 0.3 is 0 Å². The Morgan fingerprint density at radius 1 is 1.36 bits per heavy atom. The fraction of sp³-hybridized carbons (Fsp3) is 0.500. The zero-order valence-electron chi connectivity index (χ0n) is 9.03. The van der Waals surface area contributed by atoms with Crippen molar-refractivity contribution < 1.29 is 9.84 Å². The molecule has 1 N–H and O–H groups in total. The molecular weight excluding hydrogens is 176 g/mol. The van der Waals surface area contributed by atoms with Crippen LogP contribution in [-0.2, 0) is 4.74 Å². The third-order valence-corrected chi connectivity index (χ3v) is 2.10. The zero-order valence-corrected chi connectivity index (χ0v) is 9.03. The van der Waals surface area contributed by atoms with Gasteiger partial charge in [0.05, 0.1) is 18.8 Å². The van der Waals surface area contributed by atoms with Crippen molar-refractivity contribution in [3.63, 3.8) is 0 Å². The molecule has 78 valence electrons. The van der Waals surface area contributed by atoms with E-state index in [1.165, 1.54) is 5.56 Å². The van der Waals surface area contributed by atoms with Crippen LogP contribution in [0.1, 0.15) is 31.1 Å². The minimum absolute atomic E-state index is 0.0458. The first kappa shape index (κ1) is 11.2. The summed E-state index contributed by atoms with van der Waals surface area (Å²) in [6.45, 7) is 6.17. The molecule has 0 aliphatic carbocycles. The minimum atomic E-state index is -0.401. The molecule has 0 aliphatic rings. The summed E-state index contributed by atoms with van der Waals surface area (Å²) in [5, 5.41) is 9.08. The number of hydrogen-bond donors (Lipinski definition) is 1. The third-order valence-electron chi connectivity index (χ3n) is 2.10. The number of aliphatic hydroxyl groups is 1. The van der Waals surface area contributed by atoms with Gasteiger partial charge in [0.2, 0.25) is 0 Å². The molecule has 0 aromatic heterocycles. The summed E-state index contributed by atoms with van der Waals surface area (Å²) in [5.41, 5.74) is 2.39. The Bertz CT molecular complexity index is 281. The van der Waals surface area contributed by atoms with Gasteiger partial charge < -0.3 is 9.84 Å². The highest BCUT2D eigenvalue weighted by molar-refractivity contribution is 5.23. The number of aryl methyl sites for hydroxylation is 1. The van der Waals surface area contributed by atoms with Crippen LogP contribution < -0.4 is 0 Å². The van der Waals surface area contributed by atoms with E-state index in [1.54, 1.807) is 6.92 Å². The normalized spacial score (nSPS) is 15.1. The molecule has 0 heterocycles. The van der Waals surface area contributed by atoms with Crippen molar-refractivity contribution in [3.8, 4) is 0 Å². The SMILES string of the molecule is Cc1cccc([C@@H](C)OC[C@@H](C)O)c1. The first-order chi connectivity index (χ1) is 6.59. The van der Waals surface area contributed by atoms with Crippen LogP contribution in [0.15, 0.2) is 24.3 Å². The van der Waals surface area contributed by atoms with E-state index in [9.17, 15) is 0 Å². The molecule has 1 rings (SSSR count). The minimum Gasteiger partial charge on any atom is -0.391 e. The molecule has 1 aromatic rings. The van der Waals surface area contributed by atoms with Crippen molar-refractivity contribution >= 4 is 0 Å². The monoisotopic (exact) mass is 194 g/mol. The predicted molar refractivity (Wildman–Crippen MR) is 57.2 cm³/mol. The van der Waals surface area contributed by atoms with Crippen LogP contribution in [-0.4, -0.2) is 17.8 Å². The van der Waals surface area contributed by atoms with Gasteiger partial charge in [-0.25, -0.2) is 0 Å². The Balaban J connectivity index is 2.56. The molecule has 0 saturated heterocycles. The molecule has 2 nitrogen and oxygen atoms in total. The van der Waals surface area contributed by atoms with Gasteiger partial charge in [0.25, 0.3) is 0 Å². The second-order valence-electron chi connectivity index (χ2n) is 3.74. The lowest BCUT2D eigenvalue weighted by atomic mass is 10.1.